The Bertz CT molecular complexity index is 1200. The molecule has 0 heterocycles. The second kappa shape index (κ2) is 16.9. The predicted octanol–water partition coefficient (Wildman–Crippen LogP) is 4.24. The summed E-state index contributed by atoms with van der Waals surface area (Å²) >= 11 is 0. The predicted molar refractivity (Wildman–Crippen MR) is 157 cm³/mol. The number of methoxy groups -OCH3 is 1. The standard InChI is InChI=1S/C32H41N3O7/c1-23(41-21-24-13-7-4-8-14-24)29(30(37)33-26-17-11-6-12-18-26)35(2)28(36)20-19-27(31(38)40-3)34-32(39)42-22-25-15-9-5-10-16-25/h4-5,7-10,13-17,23,27,29H,6,11-12,18-22H2,1-3H3,(H,33,37)(H,34,39)/t23-,27-,29?/m1/s1. The van der Waals surface area contributed by atoms with Gasteiger partial charge in [-0.05, 0) is 50.2 Å². The van der Waals surface area contributed by atoms with Gasteiger partial charge < -0.3 is 29.7 Å². The molecule has 10 heteroatoms. The van der Waals surface area contributed by atoms with Crippen molar-refractivity contribution >= 4 is 23.9 Å². The van der Waals surface area contributed by atoms with Gasteiger partial charge in [0.25, 0.3) is 0 Å². The quantitative estimate of drug-likeness (QED) is 0.321. The van der Waals surface area contributed by atoms with Crippen LogP contribution in [0.1, 0.15) is 56.6 Å². The van der Waals surface area contributed by atoms with E-state index in [1.54, 1.807) is 14.0 Å². The monoisotopic (exact) mass is 579 g/mol. The Balaban J connectivity index is 1.64. The van der Waals surface area contributed by atoms with Gasteiger partial charge in [-0.1, -0.05) is 66.7 Å². The smallest absolute Gasteiger partial charge is 0.408 e. The highest BCUT2D eigenvalue weighted by molar-refractivity contribution is 5.89. The Morgan fingerprint density at radius 3 is 2.17 bits per heavy atom. The number of nitrogens with one attached hydrogen (secondary N) is 2. The molecule has 2 aromatic carbocycles. The SMILES string of the molecule is COC(=O)[C@@H](CCC(=O)N(C)C(C(=O)NC1=CCCCC1)[C@@H](C)OCc1ccccc1)NC(=O)OCc1ccccc1. The van der Waals surface area contributed by atoms with Crippen LogP contribution in [0.5, 0.6) is 0 Å². The van der Waals surface area contributed by atoms with Gasteiger partial charge in [0.05, 0.1) is 19.8 Å². The van der Waals surface area contributed by atoms with E-state index < -0.39 is 36.2 Å². The normalized spacial score (nSPS) is 14.9. The number of alkyl carbamates (subject to hydrolysis) is 1. The lowest BCUT2D eigenvalue weighted by Crippen LogP contribution is -2.54. The minimum Gasteiger partial charge on any atom is -0.467 e. The van der Waals surface area contributed by atoms with E-state index in [0.717, 1.165) is 42.5 Å². The van der Waals surface area contributed by atoms with E-state index in [1.807, 2.05) is 66.7 Å². The van der Waals surface area contributed by atoms with Gasteiger partial charge in [0.2, 0.25) is 11.8 Å². The van der Waals surface area contributed by atoms with Crippen molar-refractivity contribution in [1.82, 2.24) is 15.5 Å². The summed E-state index contributed by atoms with van der Waals surface area (Å²) in [4.78, 5) is 52.9. The number of ether oxygens (including phenoxy) is 3. The van der Waals surface area contributed by atoms with Crippen LogP contribution < -0.4 is 10.6 Å². The fourth-order valence-electron chi connectivity index (χ4n) is 4.68. The third-order valence-electron chi connectivity index (χ3n) is 7.09. The van der Waals surface area contributed by atoms with Crippen LogP contribution in [0.25, 0.3) is 0 Å². The van der Waals surface area contributed by atoms with Crippen LogP contribution in [-0.4, -0.2) is 61.1 Å². The zero-order valence-electron chi connectivity index (χ0n) is 24.5. The molecule has 0 saturated carbocycles. The maximum absolute atomic E-state index is 13.5. The molecule has 10 nitrogen and oxygen atoms in total. The summed E-state index contributed by atoms with van der Waals surface area (Å²) in [5.74, 6) is -1.44. The number of esters is 1. The number of nitrogens with zero attached hydrogens (tertiary/aromatic N) is 1. The number of hydrogen-bond donors (Lipinski definition) is 2. The first kappa shape index (κ1) is 32.3. The van der Waals surface area contributed by atoms with Gasteiger partial charge in [-0.15, -0.1) is 0 Å². The van der Waals surface area contributed by atoms with Crippen molar-refractivity contribution in [2.24, 2.45) is 0 Å². The summed E-state index contributed by atoms with van der Waals surface area (Å²) in [5.41, 5.74) is 2.57. The Hall–Kier alpha value is -4.18. The summed E-state index contributed by atoms with van der Waals surface area (Å²) in [7, 11) is 2.74. The summed E-state index contributed by atoms with van der Waals surface area (Å²) in [6, 6.07) is 16.6. The van der Waals surface area contributed by atoms with Crippen LogP contribution >= 0.6 is 0 Å². The number of hydrogen-bond acceptors (Lipinski definition) is 7. The first-order valence-electron chi connectivity index (χ1n) is 14.2. The Morgan fingerprint density at radius 2 is 1.57 bits per heavy atom. The lowest BCUT2D eigenvalue weighted by atomic mass is 10.0. The number of likely N-dealkylation sites (N-methyl/N-ethyl adjacent to an activating group) is 1. The zero-order valence-corrected chi connectivity index (χ0v) is 24.5. The van der Waals surface area contributed by atoms with Crippen LogP contribution in [0, 0.1) is 0 Å². The Labute approximate surface area is 247 Å². The number of rotatable bonds is 14. The number of benzene rings is 2. The molecular weight excluding hydrogens is 538 g/mol. The number of carbonyl (C=O) groups excluding carboxylic acids is 4. The van der Waals surface area contributed by atoms with Gasteiger partial charge in [0.1, 0.15) is 18.7 Å². The van der Waals surface area contributed by atoms with E-state index in [2.05, 4.69) is 10.6 Å². The number of amides is 3. The van der Waals surface area contributed by atoms with Crippen LogP contribution in [0.2, 0.25) is 0 Å². The van der Waals surface area contributed by atoms with Gasteiger partial charge in [0, 0.05) is 19.2 Å². The van der Waals surface area contributed by atoms with E-state index in [-0.39, 0.29) is 32.0 Å². The largest absolute Gasteiger partial charge is 0.467 e. The molecule has 0 saturated heterocycles. The highest BCUT2D eigenvalue weighted by Gasteiger charge is 2.34. The highest BCUT2D eigenvalue weighted by atomic mass is 16.6. The van der Waals surface area contributed by atoms with Crippen LogP contribution in [0.4, 0.5) is 4.79 Å². The molecular formula is C32H41N3O7. The van der Waals surface area contributed by atoms with Crippen molar-refractivity contribution in [3.63, 3.8) is 0 Å². The maximum Gasteiger partial charge on any atom is 0.408 e. The zero-order chi connectivity index (χ0) is 30.3. The molecule has 3 atom stereocenters. The Morgan fingerprint density at radius 1 is 0.929 bits per heavy atom. The molecule has 42 heavy (non-hydrogen) atoms. The van der Waals surface area contributed by atoms with Crippen molar-refractivity contribution in [2.75, 3.05) is 14.2 Å². The molecule has 0 spiro atoms. The van der Waals surface area contributed by atoms with Crippen LogP contribution in [0.15, 0.2) is 72.4 Å². The molecule has 3 rings (SSSR count). The molecule has 1 aliphatic rings. The van der Waals surface area contributed by atoms with E-state index in [4.69, 9.17) is 14.2 Å². The molecule has 1 unspecified atom stereocenters. The second-order valence-electron chi connectivity index (χ2n) is 10.2. The van der Waals surface area contributed by atoms with Crippen molar-refractivity contribution in [3.05, 3.63) is 83.6 Å². The van der Waals surface area contributed by atoms with Crippen molar-refractivity contribution in [2.45, 2.75) is 76.9 Å². The topological polar surface area (TPSA) is 123 Å². The first-order chi connectivity index (χ1) is 20.3. The fourth-order valence-corrected chi connectivity index (χ4v) is 4.68. The molecule has 3 amide bonds. The third-order valence-corrected chi connectivity index (χ3v) is 7.09. The van der Waals surface area contributed by atoms with E-state index in [9.17, 15) is 19.2 Å². The van der Waals surface area contributed by atoms with Crippen molar-refractivity contribution in [1.29, 1.82) is 0 Å². The van der Waals surface area contributed by atoms with Crippen molar-refractivity contribution < 1.29 is 33.4 Å². The Kier molecular flexibility index (Phi) is 13.0. The number of carbonyl (C=O) groups is 4. The summed E-state index contributed by atoms with van der Waals surface area (Å²) in [5, 5.41) is 5.46. The molecule has 2 aromatic rings. The first-order valence-corrected chi connectivity index (χ1v) is 14.2. The second-order valence-corrected chi connectivity index (χ2v) is 10.2. The van der Waals surface area contributed by atoms with E-state index >= 15 is 0 Å². The van der Waals surface area contributed by atoms with Gasteiger partial charge in [-0.3, -0.25) is 9.59 Å². The summed E-state index contributed by atoms with van der Waals surface area (Å²) in [6.07, 6.45) is 4.12. The molecule has 0 radical (unpaired) electrons. The minimum absolute atomic E-state index is 0.0241. The van der Waals surface area contributed by atoms with Crippen molar-refractivity contribution in [3.8, 4) is 0 Å². The highest BCUT2D eigenvalue weighted by Crippen LogP contribution is 2.18. The molecule has 1 aliphatic carbocycles. The maximum atomic E-state index is 13.5. The molecule has 226 valence electrons. The number of allylic oxidation sites excluding steroid dienone is 2. The average Bonchev–Trinajstić information content (AvgIpc) is 3.02. The molecule has 2 N–H and O–H groups in total. The van der Waals surface area contributed by atoms with E-state index in [1.165, 1.54) is 12.0 Å². The fraction of sp³-hybridized carbons (Fsp3) is 0.438. The van der Waals surface area contributed by atoms with Gasteiger partial charge >= 0.3 is 12.1 Å². The molecule has 0 bridgehead atoms. The van der Waals surface area contributed by atoms with Gasteiger partial charge in [-0.2, -0.15) is 0 Å². The molecule has 0 aliphatic heterocycles. The lowest BCUT2D eigenvalue weighted by Gasteiger charge is -2.32. The lowest BCUT2D eigenvalue weighted by molar-refractivity contribution is -0.146. The van der Waals surface area contributed by atoms with Crippen LogP contribution in [0.3, 0.4) is 0 Å². The van der Waals surface area contributed by atoms with Gasteiger partial charge in [-0.25, -0.2) is 9.59 Å². The summed E-state index contributed by atoms with van der Waals surface area (Å²) in [6.45, 7) is 2.06. The molecule has 0 aromatic heterocycles. The summed E-state index contributed by atoms with van der Waals surface area (Å²) < 4.78 is 16.1. The van der Waals surface area contributed by atoms with Gasteiger partial charge in [0.15, 0.2) is 0 Å². The minimum atomic E-state index is -1.11. The van der Waals surface area contributed by atoms with Crippen LogP contribution in [-0.2, 0) is 41.8 Å². The third kappa shape index (κ3) is 10.3. The average molecular weight is 580 g/mol. The van der Waals surface area contributed by atoms with E-state index in [0.29, 0.717) is 0 Å². The molecule has 0 fully saturated rings.